The Morgan fingerprint density at radius 1 is 1.00 bits per heavy atom. The van der Waals surface area contributed by atoms with Gasteiger partial charge in [0.15, 0.2) is 5.60 Å². The predicted octanol–water partition coefficient (Wildman–Crippen LogP) is 6.80. The lowest BCUT2D eigenvalue weighted by Crippen LogP contribution is -2.39. The van der Waals surface area contributed by atoms with Crippen LogP contribution in [0, 0.1) is 0 Å². The third kappa shape index (κ3) is 5.39. The molecule has 1 N–H and O–H groups in total. The number of hydrogen-bond donors (Lipinski definition) is 1. The lowest BCUT2D eigenvalue weighted by Gasteiger charge is -2.34. The van der Waals surface area contributed by atoms with Gasteiger partial charge in [-0.3, -0.25) is 0 Å². The number of fused-ring (bicyclic) bond motifs is 2. The second kappa shape index (κ2) is 10.9. The maximum absolute atomic E-state index is 12.2. The molecule has 0 fully saturated rings. The Bertz CT molecular complexity index is 1420. The highest BCUT2D eigenvalue weighted by Gasteiger charge is 2.33. The summed E-state index contributed by atoms with van der Waals surface area (Å²) in [5.74, 6) is 1.28. The van der Waals surface area contributed by atoms with Crippen molar-refractivity contribution < 1.29 is 19.0 Å². The van der Waals surface area contributed by atoms with Gasteiger partial charge < -0.3 is 19.5 Å². The first kappa shape index (κ1) is 25.8. The molecule has 0 saturated heterocycles. The van der Waals surface area contributed by atoms with Gasteiger partial charge in [0, 0.05) is 24.1 Å². The van der Waals surface area contributed by atoms with Gasteiger partial charge in [0.25, 0.3) is 0 Å². The van der Waals surface area contributed by atoms with Crippen LogP contribution >= 0.6 is 0 Å². The quantitative estimate of drug-likeness (QED) is 0.265. The SMILES string of the molecule is COC(=O)C(C)(C)Oc1cccc([C@@H]2C[C@H](CN[C@H](C)c3cccc4ccccc34)Oc3ccccc32)c1. The molecule has 3 atom stereocenters. The molecule has 5 rings (SSSR count). The number of para-hydroxylation sites is 1. The lowest BCUT2D eigenvalue weighted by molar-refractivity contribution is -0.156. The van der Waals surface area contributed by atoms with Crippen molar-refractivity contribution in [3.05, 3.63) is 108 Å². The van der Waals surface area contributed by atoms with E-state index in [1.165, 1.54) is 23.4 Å². The molecule has 0 spiro atoms. The molecule has 0 aliphatic carbocycles. The number of rotatable bonds is 8. The number of carbonyl (C=O) groups excluding carboxylic acids is 1. The summed E-state index contributed by atoms with van der Waals surface area (Å²) in [6.45, 7) is 6.36. The van der Waals surface area contributed by atoms with E-state index in [1.807, 2.05) is 30.3 Å². The lowest BCUT2D eigenvalue weighted by atomic mass is 9.84. The van der Waals surface area contributed by atoms with Crippen molar-refractivity contribution in [3.63, 3.8) is 0 Å². The summed E-state index contributed by atoms with van der Waals surface area (Å²) >= 11 is 0. The van der Waals surface area contributed by atoms with Crippen LogP contribution in [0.1, 0.15) is 55.8 Å². The molecule has 0 bridgehead atoms. The zero-order valence-corrected chi connectivity index (χ0v) is 22.4. The van der Waals surface area contributed by atoms with Gasteiger partial charge in [-0.1, -0.05) is 72.8 Å². The van der Waals surface area contributed by atoms with E-state index in [4.69, 9.17) is 14.2 Å². The highest BCUT2D eigenvalue weighted by molar-refractivity contribution is 5.86. The molecule has 1 heterocycles. The van der Waals surface area contributed by atoms with Gasteiger partial charge in [-0.15, -0.1) is 0 Å². The van der Waals surface area contributed by atoms with E-state index < -0.39 is 11.6 Å². The average molecular weight is 510 g/mol. The number of ether oxygens (including phenoxy) is 3. The van der Waals surface area contributed by atoms with Crippen molar-refractivity contribution in [1.29, 1.82) is 0 Å². The van der Waals surface area contributed by atoms with Crippen molar-refractivity contribution in [2.75, 3.05) is 13.7 Å². The summed E-state index contributed by atoms with van der Waals surface area (Å²) in [7, 11) is 1.37. The summed E-state index contributed by atoms with van der Waals surface area (Å²) < 4.78 is 17.4. The topological polar surface area (TPSA) is 56.8 Å². The minimum absolute atomic E-state index is 0.00316. The van der Waals surface area contributed by atoms with E-state index in [2.05, 4.69) is 72.9 Å². The Balaban J connectivity index is 1.35. The van der Waals surface area contributed by atoms with Crippen LogP contribution in [-0.2, 0) is 9.53 Å². The number of benzene rings is 4. The molecular formula is C33H35NO4. The van der Waals surface area contributed by atoms with Gasteiger partial charge in [0.2, 0.25) is 0 Å². The highest BCUT2D eigenvalue weighted by atomic mass is 16.6. The van der Waals surface area contributed by atoms with Crippen molar-refractivity contribution in [1.82, 2.24) is 5.32 Å². The minimum Gasteiger partial charge on any atom is -0.489 e. The normalized spacial score (nSPS) is 17.8. The molecule has 0 aromatic heterocycles. The van der Waals surface area contributed by atoms with E-state index in [0.29, 0.717) is 5.75 Å². The van der Waals surface area contributed by atoms with Crippen LogP contribution in [0.25, 0.3) is 10.8 Å². The highest BCUT2D eigenvalue weighted by Crippen LogP contribution is 2.41. The molecule has 0 saturated carbocycles. The van der Waals surface area contributed by atoms with Crippen molar-refractivity contribution >= 4 is 16.7 Å². The fourth-order valence-electron chi connectivity index (χ4n) is 5.36. The zero-order chi connectivity index (χ0) is 26.7. The van der Waals surface area contributed by atoms with Crippen molar-refractivity contribution in [3.8, 4) is 11.5 Å². The molecule has 38 heavy (non-hydrogen) atoms. The Morgan fingerprint density at radius 3 is 2.58 bits per heavy atom. The Kier molecular flexibility index (Phi) is 7.39. The van der Waals surface area contributed by atoms with Gasteiger partial charge in [-0.2, -0.15) is 0 Å². The first-order chi connectivity index (χ1) is 18.4. The number of carbonyl (C=O) groups is 1. The van der Waals surface area contributed by atoms with E-state index in [9.17, 15) is 4.79 Å². The zero-order valence-electron chi connectivity index (χ0n) is 22.4. The van der Waals surface area contributed by atoms with E-state index in [0.717, 1.165) is 29.8 Å². The molecule has 1 aliphatic heterocycles. The van der Waals surface area contributed by atoms with Gasteiger partial charge in [0.05, 0.1) is 7.11 Å². The predicted molar refractivity (Wildman–Crippen MR) is 151 cm³/mol. The summed E-state index contributed by atoms with van der Waals surface area (Å²) in [6.07, 6.45) is 0.833. The molecule has 5 nitrogen and oxygen atoms in total. The Labute approximate surface area is 224 Å². The van der Waals surface area contributed by atoms with Gasteiger partial charge >= 0.3 is 5.97 Å². The summed E-state index contributed by atoms with van der Waals surface area (Å²) in [5.41, 5.74) is 2.50. The molecule has 0 radical (unpaired) electrons. The van der Waals surface area contributed by atoms with Crippen molar-refractivity contribution in [2.24, 2.45) is 0 Å². The number of methoxy groups -OCH3 is 1. The number of nitrogens with one attached hydrogen (secondary N) is 1. The van der Waals surface area contributed by atoms with Crippen LogP contribution in [-0.4, -0.2) is 31.3 Å². The van der Waals surface area contributed by atoms with Crippen LogP contribution in [0.2, 0.25) is 0 Å². The van der Waals surface area contributed by atoms with Gasteiger partial charge in [0.1, 0.15) is 17.6 Å². The standard InChI is InChI=1S/C33H35NO4/c1-22(27-17-10-12-23-11-5-6-15-28(23)27)34-21-26-20-30(29-16-7-8-18-31(29)37-26)24-13-9-14-25(19-24)38-33(2,3)32(35)36-4/h5-19,22,26,30,34H,20-21H2,1-4H3/t22-,26-,30+/m1/s1. The molecule has 196 valence electrons. The second-order valence-electron chi connectivity index (χ2n) is 10.4. The molecule has 5 heteroatoms. The summed E-state index contributed by atoms with van der Waals surface area (Å²) in [5, 5.41) is 6.25. The van der Waals surface area contributed by atoms with Gasteiger partial charge in [-0.25, -0.2) is 4.79 Å². The van der Waals surface area contributed by atoms with E-state index in [-0.39, 0.29) is 18.1 Å². The maximum atomic E-state index is 12.2. The third-order valence-electron chi connectivity index (χ3n) is 7.34. The van der Waals surface area contributed by atoms with Crippen LogP contribution in [0.4, 0.5) is 0 Å². The largest absolute Gasteiger partial charge is 0.489 e. The smallest absolute Gasteiger partial charge is 0.349 e. The number of esters is 1. The molecular weight excluding hydrogens is 474 g/mol. The fraction of sp³-hybridized carbons (Fsp3) is 0.303. The van der Waals surface area contributed by atoms with Crippen LogP contribution in [0.5, 0.6) is 11.5 Å². The molecule has 4 aromatic carbocycles. The van der Waals surface area contributed by atoms with E-state index >= 15 is 0 Å². The average Bonchev–Trinajstić information content (AvgIpc) is 2.94. The molecule has 4 aromatic rings. The molecule has 0 unspecified atom stereocenters. The van der Waals surface area contributed by atoms with Gasteiger partial charge in [-0.05, 0) is 67.3 Å². The number of hydrogen-bond acceptors (Lipinski definition) is 5. The first-order valence-corrected chi connectivity index (χ1v) is 13.2. The summed E-state index contributed by atoms with van der Waals surface area (Å²) in [4.78, 5) is 12.2. The fourth-order valence-corrected chi connectivity index (χ4v) is 5.36. The second-order valence-corrected chi connectivity index (χ2v) is 10.4. The summed E-state index contributed by atoms with van der Waals surface area (Å²) in [6, 6.07) is 31.4. The van der Waals surface area contributed by atoms with Crippen LogP contribution < -0.4 is 14.8 Å². The minimum atomic E-state index is -1.08. The van der Waals surface area contributed by atoms with Crippen molar-refractivity contribution in [2.45, 2.75) is 50.9 Å². The van der Waals surface area contributed by atoms with Crippen LogP contribution in [0.15, 0.2) is 91.0 Å². The first-order valence-electron chi connectivity index (χ1n) is 13.2. The monoisotopic (exact) mass is 509 g/mol. The Morgan fingerprint density at radius 2 is 1.74 bits per heavy atom. The molecule has 1 aliphatic rings. The third-order valence-corrected chi connectivity index (χ3v) is 7.34. The Hall–Kier alpha value is -3.83. The maximum Gasteiger partial charge on any atom is 0.349 e. The molecule has 0 amide bonds. The van der Waals surface area contributed by atoms with Crippen LogP contribution in [0.3, 0.4) is 0 Å². The van der Waals surface area contributed by atoms with E-state index in [1.54, 1.807) is 13.8 Å².